The van der Waals surface area contributed by atoms with Crippen molar-refractivity contribution in [3.8, 4) is 5.75 Å². The lowest BCUT2D eigenvalue weighted by Gasteiger charge is -2.28. The van der Waals surface area contributed by atoms with Crippen LogP contribution in [0.1, 0.15) is 25.3 Å². The van der Waals surface area contributed by atoms with Gasteiger partial charge in [-0.15, -0.1) is 0 Å². The van der Waals surface area contributed by atoms with Gasteiger partial charge in [0.25, 0.3) is 0 Å². The first-order chi connectivity index (χ1) is 14.5. The van der Waals surface area contributed by atoms with E-state index >= 15 is 0 Å². The van der Waals surface area contributed by atoms with Crippen LogP contribution in [0.15, 0.2) is 32.7 Å². The van der Waals surface area contributed by atoms with Crippen molar-refractivity contribution in [2.24, 2.45) is 20.7 Å². The maximum absolute atomic E-state index is 14.2. The van der Waals surface area contributed by atoms with E-state index in [0.717, 1.165) is 12.3 Å². The van der Waals surface area contributed by atoms with Crippen LogP contribution in [0.25, 0.3) is 5.76 Å². The molecule has 1 aromatic rings. The summed E-state index contributed by atoms with van der Waals surface area (Å²) in [6.45, 7) is 5.38. The molecule has 0 aromatic heterocycles. The lowest BCUT2D eigenvalue weighted by Crippen LogP contribution is -2.39. The Bertz CT molecular complexity index is 1050. The summed E-state index contributed by atoms with van der Waals surface area (Å²) in [5, 5.41) is 10.5. The summed E-state index contributed by atoms with van der Waals surface area (Å²) in [6.07, 6.45) is 2.08. The highest BCUT2D eigenvalue weighted by Crippen LogP contribution is 2.30. The Morgan fingerprint density at radius 1 is 1.32 bits per heavy atom. The number of ether oxygens (including phenoxy) is 1. The van der Waals surface area contributed by atoms with E-state index in [1.54, 1.807) is 0 Å². The number of nitrogens with zero attached hydrogens (tertiary/aromatic N) is 4. The molecule has 1 saturated heterocycles. The number of aliphatic imine (C=N–C) groups is 3. The standard InChI is InChI=1S/C19H25F2N5O4S/c1-11(17(27)15-14(30-3)6-5-13(20)16(15)21)18(22)25-19(23-2)24-12-7-9-26(10-8-12)31(4,28)29/h5-6,12,27H,2,7-10H2,1,3-4H3,(H2,22,24,25). The van der Waals surface area contributed by atoms with Crippen molar-refractivity contribution in [2.45, 2.75) is 25.8 Å². The average Bonchev–Trinajstić information content (AvgIpc) is 2.73. The summed E-state index contributed by atoms with van der Waals surface area (Å²) >= 11 is 0. The smallest absolute Gasteiger partial charge is 0.246 e. The van der Waals surface area contributed by atoms with Crippen LogP contribution < -0.4 is 10.5 Å². The van der Waals surface area contributed by atoms with Crippen molar-refractivity contribution in [1.82, 2.24) is 4.31 Å². The summed E-state index contributed by atoms with van der Waals surface area (Å²) < 4.78 is 57.4. The van der Waals surface area contributed by atoms with Gasteiger partial charge in [-0.25, -0.2) is 31.5 Å². The zero-order valence-electron chi connectivity index (χ0n) is 17.5. The molecule has 0 unspecified atom stereocenters. The van der Waals surface area contributed by atoms with Crippen LogP contribution in [0.4, 0.5) is 8.78 Å². The van der Waals surface area contributed by atoms with Crippen LogP contribution in [0.5, 0.6) is 5.75 Å². The SMILES string of the molecule is C=NC(=NC1CCN(S(C)(=O)=O)CC1)N=C(N)C(C)=C(O)c1c(OC)ccc(F)c1F. The Kier molecular flexibility index (Phi) is 7.85. The average molecular weight is 458 g/mol. The minimum absolute atomic E-state index is 0.0500. The predicted molar refractivity (Wildman–Crippen MR) is 116 cm³/mol. The Morgan fingerprint density at radius 3 is 2.45 bits per heavy atom. The first kappa shape index (κ1) is 24.4. The third-order valence-corrected chi connectivity index (χ3v) is 6.11. The lowest BCUT2D eigenvalue weighted by atomic mass is 10.1. The van der Waals surface area contributed by atoms with Gasteiger partial charge in [0.1, 0.15) is 17.3 Å². The Labute approximate surface area is 179 Å². The Morgan fingerprint density at radius 2 is 1.94 bits per heavy atom. The third-order valence-electron chi connectivity index (χ3n) is 4.81. The number of guanidine groups is 1. The van der Waals surface area contributed by atoms with Crippen LogP contribution in [-0.2, 0) is 10.0 Å². The van der Waals surface area contributed by atoms with E-state index in [-0.39, 0.29) is 29.2 Å². The van der Waals surface area contributed by atoms with E-state index in [0.29, 0.717) is 25.9 Å². The van der Waals surface area contributed by atoms with Crippen LogP contribution in [0, 0.1) is 11.6 Å². The second-order valence-electron chi connectivity index (χ2n) is 6.89. The van der Waals surface area contributed by atoms with Gasteiger partial charge in [0.15, 0.2) is 11.6 Å². The molecule has 0 amide bonds. The van der Waals surface area contributed by atoms with E-state index in [1.165, 1.54) is 24.4 Å². The van der Waals surface area contributed by atoms with Crippen molar-refractivity contribution in [3.05, 3.63) is 34.9 Å². The molecule has 170 valence electrons. The van der Waals surface area contributed by atoms with Gasteiger partial charge in [-0.1, -0.05) is 0 Å². The minimum Gasteiger partial charge on any atom is -0.507 e. The van der Waals surface area contributed by atoms with Crippen molar-refractivity contribution >= 4 is 34.3 Å². The lowest BCUT2D eigenvalue weighted by molar-refractivity contribution is 0.323. The molecule has 9 nitrogen and oxygen atoms in total. The van der Waals surface area contributed by atoms with E-state index < -0.39 is 33.0 Å². The van der Waals surface area contributed by atoms with Gasteiger partial charge >= 0.3 is 0 Å². The predicted octanol–water partition coefficient (Wildman–Crippen LogP) is 2.10. The zero-order valence-corrected chi connectivity index (χ0v) is 18.3. The number of halogens is 2. The monoisotopic (exact) mass is 457 g/mol. The number of rotatable bonds is 5. The normalized spacial score (nSPS) is 18.0. The molecular formula is C19H25F2N5O4S. The summed E-state index contributed by atoms with van der Waals surface area (Å²) in [4.78, 5) is 12.1. The molecule has 12 heteroatoms. The fourth-order valence-electron chi connectivity index (χ4n) is 3.00. The number of aliphatic hydroxyl groups is 1. The van der Waals surface area contributed by atoms with Crippen LogP contribution >= 0.6 is 0 Å². The molecule has 0 radical (unpaired) electrons. The number of amidine groups is 1. The quantitative estimate of drug-likeness (QED) is 0.397. The van der Waals surface area contributed by atoms with Gasteiger partial charge in [0.2, 0.25) is 16.0 Å². The largest absolute Gasteiger partial charge is 0.507 e. The van der Waals surface area contributed by atoms with Crippen LogP contribution in [0.3, 0.4) is 0 Å². The van der Waals surface area contributed by atoms with Crippen LogP contribution in [0.2, 0.25) is 0 Å². The summed E-state index contributed by atoms with van der Waals surface area (Å²) in [5.41, 5.74) is 5.38. The van der Waals surface area contributed by atoms with E-state index in [9.17, 15) is 22.3 Å². The molecule has 2 rings (SSSR count). The van der Waals surface area contributed by atoms with Gasteiger partial charge in [-0.3, -0.25) is 0 Å². The molecule has 1 heterocycles. The number of hydrogen-bond acceptors (Lipinski definition) is 5. The zero-order chi connectivity index (χ0) is 23.3. The fraction of sp³-hybridized carbons (Fsp3) is 0.421. The molecule has 0 saturated carbocycles. The molecule has 1 aromatic carbocycles. The van der Waals surface area contributed by atoms with Gasteiger partial charge in [-0.05, 0) is 38.6 Å². The molecular weight excluding hydrogens is 432 g/mol. The number of aliphatic hydroxyl groups excluding tert-OH is 1. The maximum atomic E-state index is 14.2. The summed E-state index contributed by atoms with van der Waals surface area (Å²) in [6, 6.07) is 1.80. The number of piperidine rings is 1. The summed E-state index contributed by atoms with van der Waals surface area (Å²) in [5.74, 6) is -3.51. The van der Waals surface area contributed by atoms with Crippen molar-refractivity contribution < 1.29 is 27.0 Å². The van der Waals surface area contributed by atoms with Crippen LogP contribution in [-0.4, -0.2) is 68.8 Å². The molecule has 31 heavy (non-hydrogen) atoms. The summed E-state index contributed by atoms with van der Waals surface area (Å²) in [7, 11) is -2.01. The molecule has 1 fully saturated rings. The minimum atomic E-state index is -3.26. The molecule has 1 aliphatic heterocycles. The third kappa shape index (κ3) is 5.85. The van der Waals surface area contributed by atoms with E-state index in [4.69, 9.17) is 10.5 Å². The number of nitrogens with two attached hydrogens (primary N) is 1. The number of sulfonamides is 1. The first-order valence-corrected chi connectivity index (χ1v) is 11.1. The second kappa shape index (κ2) is 9.96. The van der Waals surface area contributed by atoms with Crippen molar-refractivity contribution in [3.63, 3.8) is 0 Å². The van der Waals surface area contributed by atoms with Gasteiger partial charge in [-0.2, -0.15) is 4.99 Å². The van der Waals surface area contributed by atoms with E-state index in [2.05, 4.69) is 21.7 Å². The number of hydrogen-bond donors (Lipinski definition) is 2. The second-order valence-corrected chi connectivity index (χ2v) is 8.87. The Balaban J connectivity index is 2.31. The highest BCUT2D eigenvalue weighted by Gasteiger charge is 2.25. The molecule has 0 bridgehead atoms. The topological polar surface area (TPSA) is 130 Å². The van der Waals surface area contributed by atoms with Gasteiger partial charge in [0, 0.05) is 18.7 Å². The fourth-order valence-corrected chi connectivity index (χ4v) is 3.87. The molecule has 0 atom stereocenters. The molecule has 0 aliphatic carbocycles. The van der Waals surface area contributed by atoms with Crippen molar-refractivity contribution in [1.29, 1.82) is 0 Å². The first-order valence-electron chi connectivity index (χ1n) is 9.26. The maximum Gasteiger partial charge on any atom is 0.246 e. The highest BCUT2D eigenvalue weighted by atomic mass is 32.2. The van der Waals surface area contributed by atoms with E-state index in [1.807, 2.05) is 0 Å². The number of benzene rings is 1. The van der Waals surface area contributed by atoms with Crippen molar-refractivity contribution in [2.75, 3.05) is 26.5 Å². The Hall–Kier alpha value is -2.86. The highest BCUT2D eigenvalue weighted by molar-refractivity contribution is 7.88. The molecule has 3 N–H and O–H groups in total. The van der Waals surface area contributed by atoms with Gasteiger partial charge < -0.3 is 15.6 Å². The number of methoxy groups -OCH3 is 1. The molecule has 0 spiro atoms. The van der Waals surface area contributed by atoms with Gasteiger partial charge in [0.05, 0.1) is 25.0 Å². The molecule has 1 aliphatic rings.